The normalized spacial score (nSPS) is 11.1. The molecule has 26 heavy (non-hydrogen) atoms. The fourth-order valence-electron chi connectivity index (χ4n) is 3.24. The van der Waals surface area contributed by atoms with E-state index in [0.29, 0.717) is 17.2 Å². The summed E-state index contributed by atoms with van der Waals surface area (Å²) in [6.07, 6.45) is 0.00885. The maximum atomic E-state index is 12.5. The van der Waals surface area contributed by atoms with Gasteiger partial charge in [0.25, 0.3) is 0 Å². The number of amides is 1. The van der Waals surface area contributed by atoms with Gasteiger partial charge in [-0.2, -0.15) is 0 Å². The first-order valence-electron chi connectivity index (χ1n) is 8.58. The number of fused-ring (bicyclic) bond motifs is 1. The summed E-state index contributed by atoms with van der Waals surface area (Å²) >= 11 is 0. The second-order valence-electron chi connectivity index (χ2n) is 6.71. The Bertz CT molecular complexity index is 969. The highest BCUT2D eigenvalue weighted by molar-refractivity contribution is 6.02. The summed E-state index contributed by atoms with van der Waals surface area (Å²) in [4.78, 5) is 24.2. The Balaban J connectivity index is 1.87. The molecule has 0 atom stereocenters. The molecule has 134 valence electrons. The Morgan fingerprint density at radius 2 is 1.73 bits per heavy atom. The first-order valence-corrected chi connectivity index (χ1v) is 8.58. The zero-order valence-electron chi connectivity index (χ0n) is 15.1. The number of anilines is 1. The molecule has 0 unspecified atom stereocenters. The Labute approximate surface area is 152 Å². The predicted octanol–water partition coefficient (Wildman–Crippen LogP) is 4.18. The van der Waals surface area contributed by atoms with Crippen molar-refractivity contribution in [2.24, 2.45) is 7.05 Å². The number of hydrogen-bond acceptors (Lipinski definition) is 2. The molecule has 1 aromatic heterocycles. The van der Waals surface area contributed by atoms with Gasteiger partial charge in [0.1, 0.15) is 5.69 Å². The van der Waals surface area contributed by atoms with E-state index in [1.54, 1.807) is 11.6 Å². The van der Waals surface area contributed by atoms with E-state index in [1.165, 1.54) is 5.56 Å². The Hall–Kier alpha value is -3.08. The highest BCUT2D eigenvalue weighted by atomic mass is 16.4. The van der Waals surface area contributed by atoms with Gasteiger partial charge in [0, 0.05) is 29.2 Å². The minimum absolute atomic E-state index is 0.00885. The van der Waals surface area contributed by atoms with Crippen molar-refractivity contribution in [2.75, 3.05) is 5.32 Å². The smallest absolute Gasteiger partial charge is 0.352 e. The maximum Gasteiger partial charge on any atom is 0.352 e. The molecular formula is C21H22N2O3. The number of aryl methyl sites for hydroxylation is 1. The zero-order valence-corrected chi connectivity index (χ0v) is 15.1. The quantitative estimate of drug-likeness (QED) is 0.725. The van der Waals surface area contributed by atoms with Gasteiger partial charge in [-0.1, -0.05) is 44.2 Å². The van der Waals surface area contributed by atoms with Gasteiger partial charge in [-0.3, -0.25) is 4.79 Å². The molecule has 3 aromatic rings. The van der Waals surface area contributed by atoms with Crippen LogP contribution < -0.4 is 5.32 Å². The molecule has 0 aliphatic rings. The van der Waals surface area contributed by atoms with Crippen LogP contribution in [0.5, 0.6) is 0 Å². The molecule has 0 fully saturated rings. The second-order valence-corrected chi connectivity index (χ2v) is 6.71. The maximum absolute atomic E-state index is 12.5. The zero-order chi connectivity index (χ0) is 18.8. The molecule has 1 amide bonds. The van der Waals surface area contributed by atoms with E-state index in [-0.39, 0.29) is 18.0 Å². The molecule has 0 aliphatic carbocycles. The summed E-state index contributed by atoms with van der Waals surface area (Å²) in [6, 6.07) is 15.1. The molecule has 0 aliphatic heterocycles. The van der Waals surface area contributed by atoms with Gasteiger partial charge in [0.2, 0.25) is 5.91 Å². The molecule has 5 heteroatoms. The van der Waals surface area contributed by atoms with Crippen LogP contribution in [-0.4, -0.2) is 21.6 Å². The molecule has 3 rings (SSSR count). The molecule has 0 spiro atoms. The first kappa shape index (κ1) is 17.7. The van der Waals surface area contributed by atoms with Crippen molar-refractivity contribution in [3.8, 4) is 0 Å². The third-order valence-corrected chi connectivity index (χ3v) is 4.61. The standard InChI is InChI=1S/C21H22N2O3/c1-13(2)14-8-10-15(11-9-14)22-19(24)12-17-16-6-4-5-7-18(16)23(3)20(17)21(25)26/h4-11,13H,12H2,1-3H3,(H,22,24)(H,25,26). The Kier molecular flexibility index (Phi) is 4.80. The molecule has 0 bridgehead atoms. The largest absolute Gasteiger partial charge is 0.477 e. The number of aromatic nitrogens is 1. The molecule has 0 radical (unpaired) electrons. The lowest BCUT2D eigenvalue weighted by molar-refractivity contribution is -0.115. The second kappa shape index (κ2) is 7.04. The van der Waals surface area contributed by atoms with Crippen LogP contribution in [0, 0.1) is 0 Å². The van der Waals surface area contributed by atoms with E-state index < -0.39 is 5.97 Å². The van der Waals surface area contributed by atoms with E-state index in [2.05, 4.69) is 19.2 Å². The van der Waals surface area contributed by atoms with Crippen molar-refractivity contribution in [3.05, 3.63) is 65.4 Å². The first-order chi connectivity index (χ1) is 12.4. The molecule has 0 saturated carbocycles. The van der Waals surface area contributed by atoms with Crippen LogP contribution in [0.25, 0.3) is 10.9 Å². The number of hydrogen-bond donors (Lipinski definition) is 2. The monoisotopic (exact) mass is 350 g/mol. The van der Waals surface area contributed by atoms with Gasteiger partial charge in [-0.15, -0.1) is 0 Å². The lowest BCUT2D eigenvalue weighted by Gasteiger charge is -2.09. The van der Waals surface area contributed by atoms with Crippen LogP contribution in [0.15, 0.2) is 48.5 Å². The van der Waals surface area contributed by atoms with E-state index in [0.717, 1.165) is 10.9 Å². The van der Waals surface area contributed by atoms with Crippen LogP contribution in [0.3, 0.4) is 0 Å². The number of carbonyl (C=O) groups excluding carboxylic acids is 1. The van der Waals surface area contributed by atoms with Gasteiger partial charge in [-0.05, 0) is 29.7 Å². The summed E-state index contributed by atoms with van der Waals surface area (Å²) in [5.41, 5.74) is 3.39. The molecule has 0 saturated heterocycles. The number of rotatable bonds is 5. The Morgan fingerprint density at radius 1 is 1.08 bits per heavy atom. The van der Waals surface area contributed by atoms with E-state index in [1.807, 2.05) is 48.5 Å². The van der Waals surface area contributed by atoms with Crippen LogP contribution in [0.2, 0.25) is 0 Å². The number of benzene rings is 2. The summed E-state index contributed by atoms with van der Waals surface area (Å²) in [7, 11) is 1.71. The SMILES string of the molecule is CC(C)c1ccc(NC(=O)Cc2c(C(=O)O)n(C)c3ccccc23)cc1. The fourth-order valence-corrected chi connectivity index (χ4v) is 3.24. The molecular weight excluding hydrogens is 328 g/mol. The lowest BCUT2D eigenvalue weighted by atomic mass is 10.0. The van der Waals surface area contributed by atoms with Gasteiger partial charge < -0.3 is 15.0 Å². The molecule has 1 heterocycles. The Morgan fingerprint density at radius 3 is 2.35 bits per heavy atom. The summed E-state index contributed by atoms with van der Waals surface area (Å²) in [5, 5.41) is 13.2. The van der Waals surface area contributed by atoms with Gasteiger partial charge in [0.05, 0.1) is 6.42 Å². The summed E-state index contributed by atoms with van der Waals surface area (Å²) in [6.45, 7) is 4.23. The van der Waals surface area contributed by atoms with Crippen molar-refractivity contribution in [1.82, 2.24) is 4.57 Å². The number of aromatic carboxylic acids is 1. The van der Waals surface area contributed by atoms with Crippen LogP contribution in [0.1, 0.15) is 41.4 Å². The third-order valence-electron chi connectivity index (χ3n) is 4.61. The fraction of sp³-hybridized carbons (Fsp3) is 0.238. The number of carbonyl (C=O) groups is 2. The van der Waals surface area contributed by atoms with Crippen molar-refractivity contribution in [2.45, 2.75) is 26.2 Å². The van der Waals surface area contributed by atoms with Crippen molar-refractivity contribution in [3.63, 3.8) is 0 Å². The van der Waals surface area contributed by atoms with Crippen molar-refractivity contribution < 1.29 is 14.7 Å². The summed E-state index contributed by atoms with van der Waals surface area (Å²) < 4.78 is 1.62. The number of nitrogens with zero attached hydrogens (tertiary/aromatic N) is 1. The van der Waals surface area contributed by atoms with Crippen LogP contribution >= 0.6 is 0 Å². The van der Waals surface area contributed by atoms with Gasteiger partial charge >= 0.3 is 5.97 Å². The lowest BCUT2D eigenvalue weighted by Crippen LogP contribution is -2.17. The number of carboxylic acid groups (broad SMARTS) is 1. The van der Waals surface area contributed by atoms with Gasteiger partial charge in [0.15, 0.2) is 0 Å². The third kappa shape index (κ3) is 3.33. The van der Waals surface area contributed by atoms with E-state index in [4.69, 9.17) is 0 Å². The number of para-hydroxylation sites is 1. The molecule has 2 N–H and O–H groups in total. The summed E-state index contributed by atoms with van der Waals surface area (Å²) in [5.74, 6) is -0.845. The average Bonchev–Trinajstić information content (AvgIpc) is 2.88. The average molecular weight is 350 g/mol. The minimum Gasteiger partial charge on any atom is -0.477 e. The highest BCUT2D eigenvalue weighted by Gasteiger charge is 2.22. The highest BCUT2D eigenvalue weighted by Crippen LogP contribution is 2.26. The molecule has 5 nitrogen and oxygen atoms in total. The van der Waals surface area contributed by atoms with Crippen LogP contribution in [-0.2, 0) is 18.3 Å². The minimum atomic E-state index is -1.03. The van der Waals surface area contributed by atoms with Crippen LogP contribution in [0.4, 0.5) is 5.69 Å². The predicted molar refractivity (Wildman–Crippen MR) is 103 cm³/mol. The van der Waals surface area contributed by atoms with E-state index >= 15 is 0 Å². The van der Waals surface area contributed by atoms with Crippen molar-refractivity contribution >= 4 is 28.5 Å². The molecule has 2 aromatic carbocycles. The number of nitrogens with one attached hydrogen (secondary N) is 1. The van der Waals surface area contributed by atoms with E-state index in [9.17, 15) is 14.7 Å². The topological polar surface area (TPSA) is 71.3 Å². The number of carboxylic acids is 1. The van der Waals surface area contributed by atoms with Crippen molar-refractivity contribution in [1.29, 1.82) is 0 Å². The van der Waals surface area contributed by atoms with Gasteiger partial charge in [-0.25, -0.2) is 4.79 Å².